The molecule has 0 saturated carbocycles. The third-order valence-corrected chi connectivity index (χ3v) is 2.08. The minimum atomic E-state index is -0.279. The molecule has 0 aliphatic carbocycles. The van der Waals surface area contributed by atoms with Crippen molar-refractivity contribution in [3.8, 4) is 0 Å². The number of hydrogen-bond acceptors (Lipinski definition) is 2. The van der Waals surface area contributed by atoms with E-state index in [1.54, 1.807) is 18.9 Å². The van der Waals surface area contributed by atoms with E-state index < -0.39 is 0 Å². The zero-order valence-electron chi connectivity index (χ0n) is 11.5. The zero-order chi connectivity index (χ0) is 13.3. The zero-order valence-corrected chi connectivity index (χ0v) is 11.5. The van der Waals surface area contributed by atoms with E-state index in [4.69, 9.17) is 4.74 Å². The molecule has 0 saturated heterocycles. The molecule has 0 radical (unpaired) electrons. The Bertz CT molecular complexity index is 337. The van der Waals surface area contributed by atoms with Crippen molar-refractivity contribution in [2.75, 3.05) is 13.7 Å². The summed E-state index contributed by atoms with van der Waals surface area (Å²) in [5, 5.41) is 0. The van der Waals surface area contributed by atoms with Gasteiger partial charge in [0.2, 0.25) is 0 Å². The van der Waals surface area contributed by atoms with Gasteiger partial charge in [-0.3, -0.25) is 0 Å². The summed E-state index contributed by atoms with van der Waals surface area (Å²) in [5.41, 5.74) is 2.32. The van der Waals surface area contributed by atoms with E-state index >= 15 is 0 Å². The molecular formula is C14H23NO2. The molecule has 0 fully saturated rings. The molecule has 0 unspecified atom stereocenters. The number of benzene rings is 1. The average molecular weight is 237 g/mol. The van der Waals surface area contributed by atoms with Crippen LogP contribution in [0.15, 0.2) is 24.3 Å². The molecule has 0 aliphatic rings. The van der Waals surface area contributed by atoms with E-state index in [0.717, 1.165) is 5.56 Å². The first-order valence-electron chi connectivity index (χ1n) is 6.07. The number of hydrogen-bond donors (Lipinski definition) is 0. The first-order valence-corrected chi connectivity index (χ1v) is 6.07. The van der Waals surface area contributed by atoms with Gasteiger partial charge in [-0.05, 0) is 19.4 Å². The molecule has 96 valence electrons. The summed E-state index contributed by atoms with van der Waals surface area (Å²) in [4.78, 5) is 12.9. The van der Waals surface area contributed by atoms with E-state index in [9.17, 15) is 4.79 Å². The lowest BCUT2D eigenvalue weighted by Crippen LogP contribution is -2.26. The highest BCUT2D eigenvalue weighted by Gasteiger charge is 2.08. The maximum absolute atomic E-state index is 11.3. The van der Waals surface area contributed by atoms with E-state index in [0.29, 0.717) is 13.2 Å². The third kappa shape index (κ3) is 5.95. The van der Waals surface area contributed by atoms with Crippen LogP contribution in [0.3, 0.4) is 0 Å². The van der Waals surface area contributed by atoms with E-state index in [1.165, 1.54) is 5.56 Å². The molecule has 0 bridgehead atoms. The highest BCUT2D eigenvalue weighted by molar-refractivity contribution is 5.67. The SMILES string of the molecule is CC.CCOC(=O)N(C)Cc1cccc(C)c1. The van der Waals surface area contributed by atoms with Gasteiger partial charge in [0.1, 0.15) is 0 Å². The Balaban J connectivity index is 0.00000121. The summed E-state index contributed by atoms with van der Waals surface area (Å²) in [6.45, 7) is 8.84. The molecule has 0 heterocycles. The van der Waals surface area contributed by atoms with Crippen molar-refractivity contribution in [2.45, 2.75) is 34.2 Å². The molecule has 0 spiro atoms. The molecule has 0 aromatic heterocycles. The van der Waals surface area contributed by atoms with Crippen molar-refractivity contribution in [2.24, 2.45) is 0 Å². The van der Waals surface area contributed by atoms with Gasteiger partial charge in [-0.2, -0.15) is 0 Å². The molecular weight excluding hydrogens is 214 g/mol. The van der Waals surface area contributed by atoms with Gasteiger partial charge in [0.05, 0.1) is 6.61 Å². The summed E-state index contributed by atoms with van der Waals surface area (Å²) in [7, 11) is 1.74. The van der Waals surface area contributed by atoms with Crippen LogP contribution in [0.25, 0.3) is 0 Å². The Morgan fingerprint density at radius 1 is 1.35 bits per heavy atom. The van der Waals surface area contributed by atoms with Crippen LogP contribution in [0.4, 0.5) is 4.79 Å². The van der Waals surface area contributed by atoms with E-state index in [-0.39, 0.29) is 6.09 Å². The molecule has 1 rings (SSSR count). The van der Waals surface area contributed by atoms with Crippen molar-refractivity contribution in [3.63, 3.8) is 0 Å². The Kier molecular flexibility index (Phi) is 7.85. The molecule has 1 aromatic carbocycles. The summed E-state index contributed by atoms with van der Waals surface area (Å²) in [6.07, 6.45) is -0.279. The number of aryl methyl sites for hydroxylation is 1. The second-order valence-electron chi connectivity index (χ2n) is 3.54. The van der Waals surface area contributed by atoms with Gasteiger partial charge in [-0.15, -0.1) is 0 Å². The summed E-state index contributed by atoms with van der Waals surface area (Å²) >= 11 is 0. The Morgan fingerprint density at radius 3 is 2.53 bits per heavy atom. The second kappa shape index (κ2) is 8.62. The number of nitrogens with zero attached hydrogens (tertiary/aromatic N) is 1. The number of carbonyl (C=O) groups excluding carboxylic acids is 1. The predicted octanol–water partition coefficient (Wildman–Crippen LogP) is 3.61. The van der Waals surface area contributed by atoms with Crippen molar-refractivity contribution in [3.05, 3.63) is 35.4 Å². The minimum Gasteiger partial charge on any atom is -0.450 e. The van der Waals surface area contributed by atoms with Crippen LogP contribution >= 0.6 is 0 Å². The van der Waals surface area contributed by atoms with Gasteiger partial charge in [0.25, 0.3) is 0 Å². The van der Waals surface area contributed by atoms with Gasteiger partial charge in [-0.1, -0.05) is 43.7 Å². The Labute approximate surface area is 104 Å². The first-order chi connectivity index (χ1) is 8.13. The van der Waals surface area contributed by atoms with Crippen LogP contribution in [0.2, 0.25) is 0 Å². The minimum absolute atomic E-state index is 0.279. The standard InChI is InChI=1S/C12H17NO2.C2H6/c1-4-15-12(14)13(3)9-11-7-5-6-10(2)8-11;1-2/h5-8H,4,9H2,1-3H3;1-2H3. The molecule has 17 heavy (non-hydrogen) atoms. The van der Waals surface area contributed by atoms with Crippen LogP contribution in [-0.2, 0) is 11.3 Å². The fraction of sp³-hybridized carbons (Fsp3) is 0.500. The average Bonchev–Trinajstić information content (AvgIpc) is 2.32. The number of carbonyl (C=O) groups is 1. The molecule has 3 nitrogen and oxygen atoms in total. The largest absolute Gasteiger partial charge is 0.450 e. The molecule has 1 aromatic rings. The third-order valence-electron chi connectivity index (χ3n) is 2.08. The Hall–Kier alpha value is -1.51. The summed E-state index contributed by atoms with van der Waals surface area (Å²) in [6, 6.07) is 8.09. The number of ether oxygens (including phenoxy) is 1. The molecule has 0 aliphatic heterocycles. The fourth-order valence-corrected chi connectivity index (χ4v) is 1.38. The van der Waals surface area contributed by atoms with Gasteiger partial charge >= 0.3 is 6.09 Å². The van der Waals surface area contributed by atoms with Gasteiger partial charge in [0.15, 0.2) is 0 Å². The summed E-state index contributed by atoms with van der Waals surface area (Å²) in [5.74, 6) is 0. The summed E-state index contributed by atoms with van der Waals surface area (Å²) < 4.78 is 4.89. The molecule has 1 amide bonds. The fourth-order valence-electron chi connectivity index (χ4n) is 1.38. The number of rotatable bonds is 3. The highest BCUT2D eigenvalue weighted by atomic mass is 16.5. The molecule has 0 atom stereocenters. The maximum atomic E-state index is 11.3. The lowest BCUT2D eigenvalue weighted by atomic mass is 10.1. The lowest BCUT2D eigenvalue weighted by Gasteiger charge is -2.16. The maximum Gasteiger partial charge on any atom is 0.409 e. The van der Waals surface area contributed by atoms with Gasteiger partial charge in [-0.25, -0.2) is 4.79 Å². The monoisotopic (exact) mass is 237 g/mol. The van der Waals surface area contributed by atoms with E-state index in [2.05, 4.69) is 6.07 Å². The van der Waals surface area contributed by atoms with Gasteiger partial charge in [0, 0.05) is 13.6 Å². The van der Waals surface area contributed by atoms with Crippen molar-refractivity contribution >= 4 is 6.09 Å². The molecule has 3 heteroatoms. The van der Waals surface area contributed by atoms with Crippen LogP contribution in [-0.4, -0.2) is 24.6 Å². The smallest absolute Gasteiger partial charge is 0.409 e. The van der Waals surface area contributed by atoms with Crippen LogP contribution in [0.5, 0.6) is 0 Å². The normalized spacial score (nSPS) is 9.00. The van der Waals surface area contributed by atoms with Crippen molar-refractivity contribution < 1.29 is 9.53 Å². The van der Waals surface area contributed by atoms with Crippen molar-refractivity contribution in [1.82, 2.24) is 4.90 Å². The predicted molar refractivity (Wildman–Crippen MR) is 71.0 cm³/mol. The van der Waals surface area contributed by atoms with E-state index in [1.807, 2.05) is 39.0 Å². The quantitative estimate of drug-likeness (QED) is 0.803. The van der Waals surface area contributed by atoms with Crippen LogP contribution in [0.1, 0.15) is 31.9 Å². The lowest BCUT2D eigenvalue weighted by molar-refractivity contribution is 0.114. The van der Waals surface area contributed by atoms with Gasteiger partial charge < -0.3 is 9.64 Å². The second-order valence-corrected chi connectivity index (χ2v) is 3.54. The van der Waals surface area contributed by atoms with Crippen LogP contribution < -0.4 is 0 Å². The topological polar surface area (TPSA) is 29.5 Å². The highest BCUT2D eigenvalue weighted by Crippen LogP contribution is 2.07. The Morgan fingerprint density at radius 2 is 2.00 bits per heavy atom. The van der Waals surface area contributed by atoms with Crippen LogP contribution in [0, 0.1) is 6.92 Å². The number of amides is 1. The first kappa shape index (κ1) is 15.5. The molecule has 0 N–H and O–H groups in total. The van der Waals surface area contributed by atoms with Crippen molar-refractivity contribution in [1.29, 1.82) is 0 Å².